The van der Waals surface area contributed by atoms with Crippen LogP contribution < -0.4 is 0 Å². The molecule has 2 aliphatic heterocycles. The number of piperidine rings is 1. The summed E-state index contributed by atoms with van der Waals surface area (Å²) < 4.78 is 13.6. The molecule has 4 heteroatoms. The van der Waals surface area contributed by atoms with Crippen molar-refractivity contribution in [1.29, 1.82) is 5.26 Å². The zero-order valence-electron chi connectivity index (χ0n) is 11.5. The van der Waals surface area contributed by atoms with Gasteiger partial charge in [-0.1, -0.05) is 0 Å². The fourth-order valence-corrected chi connectivity index (χ4v) is 3.62. The number of fused-ring (bicyclic) bond motifs is 2. The zero-order valence-corrected chi connectivity index (χ0v) is 11.5. The van der Waals surface area contributed by atoms with Crippen LogP contribution in [0.2, 0.25) is 0 Å². The Bertz CT molecular complexity index is 579. The van der Waals surface area contributed by atoms with Gasteiger partial charge in [0, 0.05) is 23.6 Å². The highest BCUT2D eigenvalue weighted by Gasteiger charge is 2.40. The number of benzene rings is 1. The van der Waals surface area contributed by atoms with E-state index in [1.165, 1.54) is 12.1 Å². The summed E-state index contributed by atoms with van der Waals surface area (Å²) in [5, 5.41) is 8.72. The third-order valence-corrected chi connectivity index (χ3v) is 4.84. The Hall–Kier alpha value is -1.73. The maximum absolute atomic E-state index is 13.6. The number of hydrogen-bond donors (Lipinski definition) is 0. The van der Waals surface area contributed by atoms with Crippen molar-refractivity contribution in [3.8, 4) is 6.07 Å². The second-order valence-electron chi connectivity index (χ2n) is 5.89. The Kier molecular flexibility index (Phi) is 3.31. The molecule has 0 N–H and O–H groups in total. The van der Waals surface area contributed by atoms with Gasteiger partial charge in [0.1, 0.15) is 11.9 Å². The maximum atomic E-state index is 13.6. The van der Waals surface area contributed by atoms with Crippen LogP contribution in [0.4, 0.5) is 4.39 Å². The third-order valence-electron chi connectivity index (χ3n) is 4.84. The molecule has 0 amide bonds. The molecule has 0 aromatic heterocycles. The number of hydrogen-bond acceptors (Lipinski definition) is 3. The van der Waals surface area contributed by atoms with Crippen LogP contribution in [-0.4, -0.2) is 29.8 Å². The van der Waals surface area contributed by atoms with E-state index in [0.29, 0.717) is 17.6 Å². The summed E-state index contributed by atoms with van der Waals surface area (Å²) in [6.45, 7) is 0. The first kappa shape index (κ1) is 13.3. The zero-order chi connectivity index (χ0) is 14.3. The quantitative estimate of drug-likeness (QED) is 0.778. The lowest BCUT2D eigenvalue weighted by Gasteiger charge is -2.35. The number of rotatable bonds is 2. The number of Topliss-reactive ketones (excluding diaryl/α,β-unsaturated/α-hetero) is 1. The van der Waals surface area contributed by atoms with Crippen molar-refractivity contribution < 1.29 is 9.18 Å². The van der Waals surface area contributed by atoms with E-state index in [1.54, 1.807) is 12.1 Å². The highest BCUT2D eigenvalue weighted by atomic mass is 19.1. The van der Waals surface area contributed by atoms with E-state index in [2.05, 4.69) is 11.9 Å². The molecule has 3 nitrogen and oxygen atoms in total. The van der Waals surface area contributed by atoms with Crippen molar-refractivity contribution in [3.05, 3.63) is 35.1 Å². The first-order chi connectivity index (χ1) is 9.60. The van der Waals surface area contributed by atoms with Gasteiger partial charge in [0.05, 0.1) is 5.56 Å². The van der Waals surface area contributed by atoms with Gasteiger partial charge in [0.15, 0.2) is 5.78 Å². The first-order valence-electron chi connectivity index (χ1n) is 7.06. The van der Waals surface area contributed by atoms with Crippen LogP contribution in [0, 0.1) is 23.1 Å². The van der Waals surface area contributed by atoms with Crippen molar-refractivity contribution in [3.63, 3.8) is 0 Å². The lowest BCUT2D eigenvalue weighted by atomic mass is 9.85. The molecule has 2 bridgehead atoms. The average molecular weight is 272 g/mol. The average Bonchev–Trinajstić information content (AvgIpc) is 2.67. The number of carbonyl (C=O) groups excluding carboxylic acids is 1. The van der Waals surface area contributed by atoms with Gasteiger partial charge in [-0.05, 0) is 50.9 Å². The lowest BCUT2D eigenvalue weighted by Crippen LogP contribution is -2.42. The second kappa shape index (κ2) is 4.99. The van der Waals surface area contributed by atoms with Gasteiger partial charge in [-0.15, -0.1) is 0 Å². The molecule has 2 unspecified atom stereocenters. The Morgan fingerprint density at radius 2 is 2.00 bits per heavy atom. The Morgan fingerprint density at radius 3 is 2.55 bits per heavy atom. The van der Waals surface area contributed by atoms with Gasteiger partial charge in [0.2, 0.25) is 0 Å². The van der Waals surface area contributed by atoms with E-state index < -0.39 is 5.82 Å². The molecule has 1 aromatic rings. The smallest absolute Gasteiger partial charge is 0.166 e. The fraction of sp³-hybridized carbons (Fsp3) is 0.500. The van der Waals surface area contributed by atoms with E-state index >= 15 is 0 Å². The third kappa shape index (κ3) is 2.12. The van der Waals surface area contributed by atoms with Crippen LogP contribution in [0.1, 0.15) is 41.6 Å². The monoisotopic (exact) mass is 272 g/mol. The minimum absolute atomic E-state index is 0.00367. The molecule has 0 saturated carbocycles. The van der Waals surface area contributed by atoms with Crippen molar-refractivity contribution in [2.24, 2.45) is 5.92 Å². The number of carbonyl (C=O) groups is 1. The normalized spacial score (nSPS) is 29.1. The Labute approximate surface area is 118 Å². The molecule has 2 atom stereocenters. The molecule has 2 fully saturated rings. The van der Waals surface area contributed by atoms with E-state index in [-0.39, 0.29) is 17.3 Å². The van der Waals surface area contributed by atoms with Gasteiger partial charge in [-0.2, -0.15) is 5.26 Å². The van der Waals surface area contributed by atoms with E-state index in [1.807, 2.05) is 0 Å². The minimum Gasteiger partial charge on any atom is -0.300 e. The fourth-order valence-electron chi connectivity index (χ4n) is 3.62. The summed E-state index contributed by atoms with van der Waals surface area (Å²) >= 11 is 0. The molecule has 0 aliphatic carbocycles. The van der Waals surface area contributed by atoms with Crippen LogP contribution in [0.3, 0.4) is 0 Å². The molecule has 20 heavy (non-hydrogen) atoms. The van der Waals surface area contributed by atoms with Gasteiger partial charge < -0.3 is 4.90 Å². The lowest BCUT2D eigenvalue weighted by molar-refractivity contribution is 0.0766. The standard InChI is InChI=1S/C16H17FN2O/c1-19-13-4-5-14(19)7-12(6-13)16(20)10-2-3-11(9-18)15(17)8-10/h2-3,8,12-14H,4-7H2,1H3. The summed E-state index contributed by atoms with van der Waals surface area (Å²) in [5.41, 5.74) is 0.389. The molecule has 1 aromatic carbocycles. The van der Waals surface area contributed by atoms with Crippen LogP contribution >= 0.6 is 0 Å². The molecule has 2 heterocycles. The number of halogens is 1. The predicted octanol–water partition coefficient (Wildman–Crippen LogP) is 2.75. The van der Waals surface area contributed by atoms with Crippen LogP contribution in [0.5, 0.6) is 0 Å². The van der Waals surface area contributed by atoms with Gasteiger partial charge in [-0.3, -0.25) is 4.79 Å². The Morgan fingerprint density at radius 1 is 1.35 bits per heavy atom. The van der Waals surface area contributed by atoms with Gasteiger partial charge in [-0.25, -0.2) is 4.39 Å². The summed E-state index contributed by atoms with van der Waals surface area (Å²) in [6.07, 6.45) is 4.06. The number of ketones is 1. The molecule has 3 rings (SSSR count). The first-order valence-corrected chi connectivity index (χ1v) is 7.06. The second-order valence-corrected chi connectivity index (χ2v) is 5.89. The molecular formula is C16H17FN2O. The van der Waals surface area contributed by atoms with E-state index in [9.17, 15) is 9.18 Å². The van der Waals surface area contributed by atoms with Gasteiger partial charge in [0.25, 0.3) is 0 Å². The molecule has 2 saturated heterocycles. The minimum atomic E-state index is -0.603. The molecule has 0 spiro atoms. The Balaban J connectivity index is 1.80. The molecule has 104 valence electrons. The maximum Gasteiger partial charge on any atom is 0.166 e. The SMILES string of the molecule is CN1C2CCC1CC(C(=O)c1ccc(C#N)c(F)c1)C2. The summed E-state index contributed by atoms with van der Waals surface area (Å²) in [5.74, 6) is -0.580. The van der Waals surface area contributed by atoms with Crippen molar-refractivity contribution in [2.45, 2.75) is 37.8 Å². The largest absolute Gasteiger partial charge is 0.300 e. The van der Waals surface area contributed by atoms with Crippen molar-refractivity contribution in [2.75, 3.05) is 7.05 Å². The molecule has 0 radical (unpaired) electrons. The van der Waals surface area contributed by atoms with Crippen molar-refractivity contribution >= 4 is 5.78 Å². The highest BCUT2D eigenvalue weighted by molar-refractivity contribution is 5.98. The van der Waals surface area contributed by atoms with E-state index in [4.69, 9.17) is 5.26 Å². The summed E-state index contributed by atoms with van der Waals surface area (Å²) in [7, 11) is 2.13. The highest BCUT2D eigenvalue weighted by Crippen LogP contribution is 2.38. The van der Waals surface area contributed by atoms with E-state index in [0.717, 1.165) is 25.7 Å². The van der Waals surface area contributed by atoms with Gasteiger partial charge >= 0.3 is 0 Å². The topological polar surface area (TPSA) is 44.1 Å². The molecule has 2 aliphatic rings. The van der Waals surface area contributed by atoms with Crippen LogP contribution in [0.15, 0.2) is 18.2 Å². The van der Waals surface area contributed by atoms with Crippen molar-refractivity contribution in [1.82, 2.24) is 4.90 Å². The summed E-state index contributed by atoms with van der Waals surface area (Å²) in [4.78, 5) is 14.9. The van der Waals surface area contributed by atoms with Crippen LogP contribution in [-0.2, 0) is 0 Å². The number of nitriles is 1. The predicted molar refractivity (Wildman–Crippen MR) is 72.7 cm³/mol. The number of nitrogens with zero attached hydrogens (tertiary/aromatic N) is 2. The summed E-state index contributed by atoms with van der Waals surface area (Å²) in [6, 6.07) is 6.94. The molecular weight excluding hydrogens is 255 g/mol. The van der Waals surface area contributed by atoms with Crippen LogP contribution in [0.25, 0.3) is 0 Å².